The summed E-state index contributed by atoms with van der Waals surface area (Å²) in [6, 6.07) is 41.3. The van der Waals surface area contributed by atoms with Crippen LogP contribution in [-0.4, -0.2) is 9.97 Å². The molecule has 38 heavy (non-hydrogen) atoms. The van der Waals surface area contributed by atoms with Gasteiger partial charge in [-0.2, -0.15) is 0 Å². The first-order valence-corrected chi connectivity index (χ1v) is 13.8. The molecule has 6 aromatic carbocycles. The van der Waals surface area contributed by atoms with Crippen LogP contribution in [0, 0.1) is 0 Å². The van der Waals surface area contributed by atoms with E-state index in [0.717, 1.165) is 38.8 Å². The van der Waals surface area contributed by atoms with E-state index in [1.54, 1.807) is 0 Å². The molecule has 178 valence electrons. The van der Waals surface area contributed by atoms with Crippen LogP contribution >= 0.6 is 11.8 Å². The zero-order valence-corrected chi connectivity index (χ0v) is 21.4. The van der Waals surface area contributed by atoms with Crippen molar-refractivity contribution in [2.75, 3.05) is 0 Å². The van der Waals surface area contributed by atoms with Crippen molar-refractivity contribution in [3.63, 3.8) is 0 Å². The van der Waals surface area contributed by atoms with Crippen LogP contribution in [0.3, 0.4) is 0 Å². The van der Waals surface area contributed by atoms with Crippen LogP contribution in [0.4, 0.5) is 0 Å². The maximum absolute atomic E-state index is 5.19. The lowest BCUT2D eigenvalue weighted by molar-refractivity contribution is 1.31. The minimum Gasteiger partial charge on any atom is -0.252 e. The van der Waals surface area contributed by atoms with Gasteiger partial charge in [0, 0.05) is 27.0 Å². The molecule has 1 aliphatic heterocycles. The predicted molar refractivity (Wildman–Crippen MR) is 160 cm³/mol. The summed E-state index contributed by atoms with van der Waals surface area (Å²) in [7, 11) is 0. The summed E-state index contributed by atoms with van der Waals surface area (Å²) in [4.78, 5) is 11.5. The summed E-state index contributed by atoms with van der Waals surface area (Å²) < 4.78 is 0. The number of aromatic nitrogens is 2. The van der Waals surface area contributed by atoms with Gasteiger partial charge in [-0.15, -0.1) is 11.8 Å². The molecule has 0 atom stereocenters. The molecule has 2 nitrogen and oxygen atoms in total. The summed E-state index contributed by atoms with van der Waals surface area (Å²) in [5, 5.41) is 4.70. The molecule has 0 aliphatic carbocycles. The van der Waals surface area contributed by atoms with Crippen molar-refractivity contribution >= 4 is 44.3 Å². The van der Waals surface area contributed by atoms with Crippen LogP contribution < -0.4 is 0 Å². The van der Waals surface area contributed by atoms with Gasteiger partial charge in [-0.1, -0.05) is 97.1 Å². The second-order valence-electron chi connectivity index (χ2n) is 9.78. The number of hydrogen-bond donors (Lipinski definition) is 0. The third-order valence-electron chi connectivity index (χ3n) is 7.59. The van der Waals surface area contributed by atoms with Crippen LogP contribution in [-0.2, 0) is 5.75 Å². The highest BCUT2D eigenvalue weighted by atomic mass is 32.2. The molecule has 0 bridgehead atoms. The zero-order chi connectivity index (χ0) is 25.1. The average Bonchev–Trinajstić information content (AvgIpc) is 3.01. The average molecular weight is 503 g/mol. The molecular formula is C35H22N2S. The van der Waals surface area contributed by atoms with Crippen molar-refractivity contribution in [1.82, 2.24) is 9.97 Å². The van der Waals surface area contributed by atoms with E-state index in [1.165, 1.54) is 43.5 Å². The van der Waals surface area contributed by atoms with Crippen molar-refractivity contribution in [3.05, 3.63) is 127 Å². The Labute approximate surface area is 225 Å². The summed E-state index contributed by atoms with van der Waals surface area (Å²) >= 11 is 1.92. The van der Waals surface area contributed by atoms with Gasteiger partial charge in [0.2, 0.25) is 0 Å². The molecule has 3 heteroatoms. The normalized spacial score (nSPS) is 12.5. The third kappa shape index (κ3) is 3.36. The fraction of sp³-hybridized carbons (Fsp3) is 0.0286. The van der Waals surface area contributed by atoms with Gasteiger partial charge < -0.3 is 0 Å². The van der Waals surface area contributed by atoms with E-state index in [-0.39, 0.29) is 0 Å². The second-order valence-corrected chi connectivity index (χ2v) is 10.8. The van der Waals surface area contributed by atoms with Gasteiger partial charge in [0.25, 0.3) is 0 Å². The monoisotopic (exact) mass is 502 g/mol. The van der Waals surface area contributed by atoms with E-state index in [9.17, 15) is 0 Å². The standard InChI is InChI=1S/C35H22N2S/c1-2-11-26-25(8-1)21-38-33-17-16-23(19-31(26)33)22-9-7-10-24(18-22)32-20-36-34-29-14-5-3-12-27(29)28-13-4-6-15-30(28)35(34)37-32/h1-20H,21H2. The van der Waals surface area contributed by atoms with E-state index < -0.39 is 0 Å². The number of hydrogen-bond acceptors (Lipinski definition) is 3. The smallest absolute Gasteiger partial charge is 0.0979 e. The molecule has 0 fully saturated rings. The fourth-order valence-corrected chi connectivity index (χ4v) is 6.78. The molecule has 0 amide bonds. The van der Waals surface area contributed by atoms with Crippen LogP contribution in [0.1, 0.15) is 5.56 Å². The highest BCUT2D eigenvalue weighted by Crippen LogP contribution is 2.43. The molecule has 7 aromatic rings. The summed E-state index contributed by atoms with van der Waals surface area (Å²) in [5.41, 5.74) is 10.3. The Balaban J connectivity index is 1.28. The molecule has 1 aromatic heterocycles. The van der Waals surface area contributed by atoms with Crippen molar-refractivity contribution in [2.45, 2.75) is 10.6 Å². The molecular weight excluding hydrogens is 480 g/mol. The Morgan fingerprint density at radius 3 is 2.05 bits per heavy atom. The van der Waals surface area contributed by atoms with Crippen molar-refractivity contribution in [3.8, 4) is 33.5 Å². The molecule has 0 saturated carbocycles. The molecule has 0 N–H and O–H groups in total. The highest BCUT2D eigenvalue weighted by molar-refractivity contribution is 7.98. The third-order valence-corrected chi connectivity index (χ3v) is 8.71. The summed E-state index contributed by atoms with van der Waals surface area (Å²) in [6.45, 7) is 0. The number of rotatable bonds is 2. The molecule has 1 aliphatic rings. The van der Waals surface area contributed by atoms with E-state index in [2.05, 4.69) is 115 Å². The Morgan fingerprint density at radius 1 is 0.526 bits per heavy atom. The molecule has 0 radical (unpaired) electrons. The maximum atomic E-state index is 5.19. The van der Waals surface area contributed by atoms with Crippen molar-refractivity contribution < 1.29 is 0 Å². The van der Waals surface area contributed by atoms with E-state index in [1.807, 2.05) is 18.0 Å². The van der Waals surface area contributed by atoms with Gasteiger partial charge in [0.1, 0.15) is 0 Å². The van der Waals surface area contributed by atoms with E-state index >= 15 is 0 Å². The lowest BCUT2D eigenvalue weighted by atomic mass is 9.95. The molecule has 0 unspecified atom stereocenters. The highest BCUT2D eigenvalue weighted by Gasteiger charge is 2.17. The quantitative estimate of drug-likeness (QED) is 0.220. The minimum atomic E-state index is 0.888. The summed E-state index contributed by atoms with van der Waals surface area (Å²) in [5.74, 6) is 1.03. The first kappa shape index (κ1) is 21.6. The SMILES string of the molecule is c1cc(-c2ccc3c(c2)-c2ccccc2CS3)cc(-c2cnc3c4ccccc4c4ccccc4c3n2)c1. The van der Waals surface area contributed by atoms with Gasteiger partial charge >= 0.3 is 0 Å². The molecule has 0 saturated heterocycles. The number of nitrogens with zero attached hydrogens (tertiary/aromatic N) is 2. The van der Waals surface area contributed by atoms with Crippen LogP contribution in [0.25, 0.3) is 66.1 Å². The largest absolute Gasteiger partial charge is 0.252 e. The predicted octanol–water partition coefficient (Wildman–Crippen LogP) is 9.54. The first-order chi connectivity index (χ1) is 18.8. The van der Waals surface area contributed by atoms with E-state index in [0.29, 0.717) is 0 Å². The Kier molecular flexibility index (Phi) is 4.86. The van der Waals surface area contributed by atoms with Gasteiger partial charge in [-0.25, -0.2) is 4.98 Å². The Bertz CT molecular complexity index is 2010. The molecule has 0 spiro atoms. The van der Waals surface area contributed by atoms with Gasteiger partial charge in [0.05, 0.1) is 22.9 Å². The summed E-state index contributed by atoms with van der Waals surface area (Å²) in [6.07, 6.45) is 1.92. The number of benzene rings is 6. The van der Waals surface area contributed by atoms with Gasteiger partial charge in [0.15, 0.2) is 0 Å². The maximum Gasteiger partial charge on any atom is 0.0979 e. The Hall–Kier alpha value is -4.47. The molecule has 2 heterocycles. The second kappa shape index (κ2) is 8.54. The number of thioether (sulfide) groups is 1. The lowest BCUT2D eigenvalue weighted by Gasteiger charge is -2.20. The van der Waals surface area contributed by atoms with Crippen LogP contribution in [0.15, 0.2) is 126 Å². The van der Waals surface area contributed by atoms with Crippen molar-refractivity contribution in [1.29, 1.82) is 0 Å². The van der Waals surface area contributed by atoms with Crippen molar-refractivity contribution in [2.24, 2.45) is 0 Å². The van der Waals surface area contributed by atoms with E-state index in [4.69, 9.17) is 9.97 Å². The topological polar surface area (TPSA) is 25.8 Å². The van der Waals surface area contributed by atoms with Crippen LogP contribution in [0.5, 0.6) is 0 Å². The van der Waals surface area contributed by atoms with Crippen LogP contribution in [0.2, 0.25) is 0 Å². The lowest BCUT2D eigenvalue weighted by Crippen LogP contribution is -1.96. The Morgan fingerprint density at radius 2 is 1.21 bits per heavy atom. The number of fused-ring (bicyclic) bond motifs is 9. The molecule has 8 rings (SSSR count). The van der Waals surface area contributed by atoms with Gasteiger partial charge in [-0.05, 0) is 56.8 Å². The minimum absolute atomic E-state index is 0.888. The van der Waals surface area contributed by atoms with Gasteiger partial charge in [-0.3, -0.25) is 4.98 Å². The first-order valence-electron chi connectivity index (χ1n) is 12.9. The fourth-order valence-electron chi connectivity index (χ4n) is 5.73. The zero-order valence-electron chi connectivity index (χ0n) is 20.6.